The standard InChI is InChI=1S/C14H29BrN2/c1-12(2)13(9-15)10-17(5)11-14(16(3)4)7-6-8-14/h12-13H,6-11H2,1-5H3. The summed E-state index contributed by atoms with van der Waals surface area (Å²) in [6.07, 6.45) is 4.13. The molecule has 0 bridgehead atoms. The van der Waals surface area contributed by atoms with Crippen LogP contribution in [0.4, 0.5) is 0 Å². The van der Waals surface area contributed by atoms with Crippen LogP contribution in [0.3, 0.4) is 0 Å². The van der Waals surface area contributed by atoms with Crippen LogP contribution in [0.25, 0.3) is 0 Å². The minimum absolute atomic E-state index is 0.461. The summed E-state index contributed by atoms with van der Waals surface area (Å²) < 4.78 is 0. The van der Waals surface area contributed by atoms with Crippen molar-refractivity contribution in [3.8, 4) is 0 Å². The summed E-state index contributed by atoms with van der Waals surface area (Å²) >= 11 is 3.65. The fraction of sp³-hybridized carbons (Fsp3) is 1.00. The van der Waals surface area contributed by atoms with E-state index in [1.807, 2.05) is 0 Å². The minimum atomic E-state index is 0.461. The van der Waals surface area contributed by atoms with E-state index in [0.29, 0.717) is 5.54 Å². The number of rotatable bonds is 7. The summed E-state index contributed by atoms with van der Waals surface area (Å²) in [6.45, 7) is 7.07. The molecule has 1 saturated carbocycles. The Labute approximate surface area is 116 Å². The van der Waals surface area contributed by atoms with Gasteiger partial charge in [-0.25, -0.2) is 0 Å². The van der Waals surface area contributed by atoms with Crippen molar-refractivity contribution in [3.05, 3.63) is 0 Å². The quantitative estimate of drug-likeness (QED) is 0.667. The summed E-state index contributed by atoms with van der Waals surface area (Å²) in [4.78, 5) is 4.97. The topological polar surface area (TPSA) is 6.48 Å². The highest BCUT2D eigenvalue weighted by Crippen LogP contribution is 2.36. The zero-order chi connectivity index (χ0) is 13.1. The Morgan fingerprint density at radius 3 is 2.06 bits per heavy atom. The van der Waals surface area contributed by atoms with Crippen molar-refractivity contribution in [2.75, 3.05) is 39.6 Å². The van der Waals surface area contributed by atoms with Gasteiger partial charge in [0.15, 0.2) is 0 Å². The van der Waals surface area contributed by atoms with E-state index in [-0.39, 0.29) is 0 Å². The van der Waals surface area contributed by atoms with Gasteiger partial charge in [0.2, 0.25) is 0 Å². The molecule has 0 saturated heterocycles. The molecule has 1 unspecified atom stereocenters. The van der Waals surface area contributed by atoms with Gasteiger partial charge in [0.05, 0.1) is 0 Å². The molecular weight excluding hydrogens is 276 g/mol. The average molecular weight is 305 g/mol. The Morgan fingerprint density at radius 2 is 1.76 bits per heavy atom. The Morgan fingerprint density at radius 1 is 1.18 bits per heavy atom. The van der Waals surface area contributed by atoms with Crippen LogP contribution in [0.2, 0.25) is 0 Å². The zero-order valence-electron chi connectivity index (χ0n) is 12.2. The van der Waals surface area contributed by atoms with E-state index in [1.165, 1.54) is 32.4 Å². The highest BCUT2D eigenvalue weighted by Gasteiger charge is 2.39. The molecule has 1 aliphatic rings. The highest BCUT2D eigenvalue weighted by molar-refractivity contribution is 9.09. The van der Waals surface area contributed by atoms with E-state index in [4.69, 9.17) is 0 Å². The molecule has 102 valence electrons. The van der Waals surface area contributed by atoms with Gasteiger partial charge in [0.25, 0.3) is 0 Å². The lowest BCUT2D eigenvalue weighted by atomic mass is 9.75. The number of halogens is 1. The lowest BCUT2D eigenvalue weighted by Crippen LogP contribution is -2.57. The summed E-state index contributed by atoms with van der Waals surface area (Å²) in [5.41, 5.74) is 0.461. The normalized spacial score (nSPS) is 21.0. The van der Waals surface area contributed by atoms with Gasteiger partial charge in [-0.1, -0.05) is 29.8 Å². The number of hydrogen-bond donors (Lipinski definition) is 0. The van der Waals surface area contributed by atoms with Crippen molar-refractivity contribution in [3.63, 3.8) is 0 Å². The second-order valence-corrected chi connectivity index (χ2v) is 6.97. The minimum Gasteiger partial charge on any atom is -0.304 e. The first-order chi connectivity index (χ1) is 7.91. The third-order valence-corrected chi connectivity index (χ3v) is 5.32. The SMILES string of the molecule is CC(C)C(CBr)CN(C)CC1(N(C)C)CCC1. The van der Waals surface area contributed by atoms with Gasteiger partial charge in [0.1, 0.15) is 0 Å². The summed E-state index contributed by atoms with van der Waals surface area (Å²) in [5, 5.41) is 1.12. The maximum Gasteiger partial charge on any atom is 0.0330 e. The predicted molar refractivity (Wildman–Crippen MR) is 79.9 cm³/mol. The fourth-order valence-electron chi connectivity index (χ4n) is 2.74. The molecule has 0 heterocycles. The monoisotopic (exact) mass is 304 g/mol. The third-order valence-electron chi connectivity index (χ3n) is 4.48. The van der Waals surface area contributed by atoms with Crippen molar-refractivity contribution in [1.82, 2.24) is 9.80 Å². The molecular formula is C14H29BrN2. The first-order valence-corrected chi connectivity index (χ1v) is 7.95. The molecule has 17 heavy (non-hydrogen) atoms. The molecule has 2 nitrogen and oxygen atoms in total. The Bertz CT molecular complexity index is 224. The van der Waals surface area contributed by atoms with Crippen LogP contribution < -0.4 is 0 Å². The Hall–Kier alpha value is 0.400. The van der Waals surface area contributed by atoms with Gasteiger partial charge in [-0.3, -0.25) is 0 Å². The number of likely N-dealkylation sites (N-methyl/N-ethyl adjacent to an activating group) is 2. The molecule has 3 heteroatoms. The highest BCUT2D eigenvalue weighted by atomic mass is 79.9. The van der Waals surface area contributed by atoms with E-state index >= 15 is 0 Å². The van der Waals surface area contributed by atoms with Crippen LogP contribution in [0.5, 0.6) is 0 Å². The van der Waals surface area contributed by atoms with Crippen molar-refractivity contribution in [2.45, 2.75) is 38.6 Å². The van der Waals surface area contributed by atoms with Crippen LogP contribution in [-0.2, 0) is 0 Å². The van der Waals surface area contributed by atoms with Gasteiger partial charge in [-0.05, 0) is 52.2 Å². The molecule has 0 aromatic rings. The fourth-order valence-corrected chi connectivity index (χ4v) is 3.69. The van der Waals surface area contributed by atoms with Crippen LogP contribution in [0, 0.1) is 11.8 Å². The summed E-state index contributed by atoms with van der Waals surface area (Å²) in [7, 11) is 6.75. The van der Waals surface area contributed by atoms with E-state index in [0.717, 1.165) is 17.2 Å². The molecule has 0 aromatic heterocycles. The van der Waals surface area contributed by atoms with Gasteiger partial charge in [-0.15, -0.1) is 0 Å². The second-order valence-electron chi connectivity index (χ2n) is 6.33. The summed E-state index contributed by atoms with van der Waals surface area (Å²) in [6, 6.07) is 0. The van der Waals surface area contributed by atoms with E-state index in [2.05, 4.69) is 60.7 Å². The molecule has 1 rings (SSSR count). The zero-order valence-corrected chi connectivity index (χ0v) is 13.8. The van der Waals surface area contributed by atoms with Gasteiger partial charge >= 0.3 is 0 Å². The number of hydrogen-bond acceptors (Lipinski definition) is 2. The maximum atomic E-state index is 3.65. The van der Waals surface area contributed by atoms with E-state index in [9.17, 15) is 0 Å². The predicted octanol–water partition coefficient (Wildman–Crippen LogP) is 3.07. The molecule has 0 spiro atoms. The maximum absolute atomic E-state index is 3.65. The lowest BCUT2D eigenvalue weighted by molar-refractivity contribution is 0.0232. The molecule has 0 amide bonds. The smallest absolute Gasteiger partial charge is 0.0330 e. The van der Waals surface area contributed by atoms with Crippen LogP contribution in [-0.4, -0.2) is 54.9 Å². The third kappa shape index (κ3) is 3.93. The molecule has 0 N–H and O–H groups in total. The Balaban J connectivity index is 2.45. The van der Waals surface area contributed by atoms with Gasteiger partial charge < -0.3 is 9.80 Å². The second kappa shape index (κ2) is 6.53. The first-order valence-electron chi connectivity index (χ1n) is 6.83. The van der Waals surface area contributed by atoms with Gasteiger partial charge in [-0.2, -0.15) is 0 Å². The first kappa shape index (κ1) is 15.5. The molecule has 1 aliphatic carbocycles. The van der Waals surface area contributed by atoms with E-state index < -0.39 is 0 Å². The van der Waals surface area contributed by atoms with Crippen molar-refractivity contribution in [1.29, 1.82) is 0 Å². The van der Waals surface area contributed by atoms with Crippen LogP contribution in [0.15, 0.2) is 0 Å². The lowest BCUT2D eigenvalue weighted by Gasteiger charge is -2.49. The number of nitrogens with zero attached hydrogens (tertiary/aromatic N) is 2. The largest absolute Gasteiger partial charge is 0.304 e. The molecule has 1 fully saturated rings. The average Bonchev–Trinajstić information content (AvgIpc) is 2.18. The van der Waals surface area contributed by atoms with Gasteiger partial charge in [0, 0.05) is 24.0 Å². The molecule has 0 aromatic carbocycles. The molecule has 1 atom stereocenters. The van der Waals surface area contributed by atoms with Crippen molar-refractivity contribution < 1.29 is 0 Å². The van der Waals surface area contributed by atoms with E-state index in [1.54, 1.807) is 0 Å². The number of alkyl halides is 1. The molecule has 0 radical (unpaired) electrons. The molecule has 0 aliphatic heterocycles. The van der Waals surface area contributed by atoms with Crippen molar-refractivity contribution >= 4 is 15.9 Å². The summed E-state index contributed by atoms with van der Waals surface area (Å²) in [5.74, 6) is 1.52. The van der Waals surface area contributed by atoms with Crippen molar-refractivity contribution in [2.24, 2.45) is 11.8 Å². The van der Waals surface area contributed by atoms with Crippen LogP contribution >= 0.6 is 15.9 Å². The van der Waals surface area contributed by atoms with Crippen LogP contribution in [0.1, 0.15) is 33.1 Å². The Kier molecular flexibility index (Phi) is 5.94.